The Kier molecular flexibility index (Phi) is 6.97. The number of imide groups is 1. The van der Waals surface area contributed by atoms with Gasteiger partial charge in [0.2, 0.25) is 0 Å². The molecule has 0 radical (unpaired) electrons. The Bertz CT molecular complexity index is 1140. The monoisotopic (exact) mass is 456 g/mol. The fourth-order valence-electron chi connectivity index (χ4n) is 4.22. The van der Waals surface area contributed by atoms with Crippen LogP contribution >= 0.6 is 0 Å². The quantitative estimate of drug-likeness (QED) is 0.364. The van der Waals surface area contributed by atoms with Crippen LogP contribution in [0.1, 0.15) is 30.0 Å². The maximum atomic E-state index is 13.7. The van der Waals surface area contributed by atoms with E-state index in [1.807, 2.05) is 97.9 Å². The van der Waals surface area contributed by atoms with Gasteiger partial charge in [-0.2, -0.15) is 0 Å². The zero-order valence-corrected chi connectivity index (χ0v) is 19.4. The van der Waals surface area contributed by atoms with Crippen molar-refractivity contribution in [3.05, 3.63) is 102 Å². The van der Waals surface area contributed by atoms with Gasteiger partial charge in [-0.25, -0.2) is 4.79 Å². The molecule has 4 rings (SSSR count). The molecule has 34 heavy (non-hydrogen) atoms. The third kappa shape index (κ3) is 4.39. The number of rotatable bonds is 9. The molecule has 174 valence electrons. The highest BCUT2D eigenvalue weighted by Gasteiger charge is 2.53. The summed E-state index contributed by atoms with van der Waals surface area (Å²) in [7, 11) is 1.60. The number of carbonyl (C=O) groups is 2. The summed E-state index contributed by atoms with van der Waals surface area (Å²) in [6.45, 7) is 2.53. The van der Waals surface area contributed by atoms with Gasteiger partial charge in [-0.3, -0.25) is 9.69 Å². The summed E-state index contributed by atoms with van der Waals surface area (Å²) in [5.41, 5.74) is 1.23. The first-order valence-corrected chi connectivity index (χ1v) is 11.3. The van der Waals surface area contributed by atoms with Crippen molar-refractivity contribution >= 4 is 18.0 Å². The summed E-state index contributed by atoms with van der Waals surface area (Å²) < 4.78 is 11.3. The molecule has 1 aliphatic heterocycles. The summed E-state index contributed by atoms with van der Waals surface area (Å²) in [6, 6.07) is 24.0. The van der Waals surface area contributed by atoms with Crippen LogP contribution in [0.15, 0.2) is 84.9 Å². The maximum Gasteiger partial charge on any atom is 0.325 e. The van der Waals surface area contributed by atoms with Crippen LogP contribution in [0.3, 0.4) is 0 Å². The summed E-state index contributed by atoms with van der Waals surface area (Å²) in [5.74, 6) is 0.969. The molecule has 0 spiro atoms. The first-order chi connectivity index (χ1) is 16.6. The number of methoxy groups -OCH3 is 1. The molecular formula is C28H28N2O4. The average Bonchev–Trinajstić information content (AvgIpc) is 3.14. The second-order valence-electron chi connectivity index (χ2n) is 7.98. The van der Waals surface area contributed by atoms with Crippen LogP contribution < -0.4 is 14.8 Å². The average molecular weight is 457 g/mol. The molecule has 1 heterocycles. The largest absolute Gasteiger partial charge is 0.493 e. The molecule has 0 aromatic heterocycles. The smallest absolute Gasteiger partial charge is 0.325 e. The number of ether oxygens (including phenoxy) is 2. The van der Waals surface area contributed by atoms with Crippen molar-refractivity contribution in [2.75, 3.05) is 20.3 Å². The van der Waals surface area contributed by atoms with Crippen molar-refractivity contribution in [3.63, 3.8) is 0 Å². The van der Waals surface area contributed by atoms with Crippen molar-refractivity contribution in [1.29, 1.82) is 0 Å². The van der Waals surface area contributed by atoms with Gasteiger partial charge >= 0.3 is 6.03 Å². The zero-order valence-electron chi connectivity index (χ0n) is 19.4. The number of allylic oxidation sites excluding steroid dienone is 1. The van der Waals surface area contributed by atoms with Crippen LogP contribution in [0.2, 0.25) is 0 Å². The molecule has 0 atom stereocenters. The molecule has 6 heteroatoms. The fourth-order valence-corrected chi connectivity index (χ4v) is 4.22. The highest BCUT2D eigenvalue weighted by molar-refractivity contribution is 6.09. The number of amides is 3. The van der Waals surface area contributed by atoms with Crippen LogP contribution in [-0.4, -0.2) is 37.1 Å². The van der Waals surface area contributed by atoms with E-state index in [-0.39, 0.29) is 12.5 Å². The van der Waals surface area contributed by atoms with Crippen LogP contribution in [-0.2, 0) is 10.3 Å². The van der Waals surface area contributed by atoms with Gasteiger partial charge in [0, 0.05) is 6.54 Å². The van der Waals surface area contributed by atoms with Crippen molar-refractivity contribution in [2.24, 2.45) is 0 Å². The highest BCUT2D eigenvalue weighted by atomic mass is 16.5. The number of nitrogens with zero attached hydrogens (tertiary/aromatic N) is 1. The van der Waals surface area contributed by atoms with Crippen LogP contribution in [0.5, 0.6) is 11.5 Å². The van der Waals surface area contributed by atoms with E-state index in [1.54, 1.807) is 7.11 Å². The first kappa shape index (κ1) is 23.1. The van der Waals surface area contributed by atoms with E-state index in [0.29, 0.717) is 24.5 Å². The highest BCUT2D eigenvalue weighted by Crippen LogP contribution is 2.36. The number of hydrogen-bond acceptors (Lipinski definition) is 4. The number of urea groups is 1. The standard InChI is InChI=1S/C28H28N2O4/c1-3-11-21-16-17-24(25(20-21)33-2)34-19-10-18-30-26(31)28(29-27(30)32,22-12-6-4-7-13-22)23-14-8-5-9-15-23/h3-9,11-17,20H,10,18-19H2,1-2H3,(H,29,32)/b11-3+. The zero-order chi connectivity index (χ0) is 24.0. The van der Waals surface area contributed by atoms with Crippen molar-refractivity contribution in [1.82, 2.24) is 10.2 Å². The summed E-state index contributed by atoms with van der Waals surface area (Å²) in [4.78, 5) is 27.9. The van der Waals surface area contributed by atoms with Crippen LogP contribution in [0, 0.1) is 0 Å². The molecule has 3 aromatic carbocycles. The second kappa shape index (κ2) is 10.3. The van der Waals surface area contributed by atoms with E-state index in [2.05, 4.69) is 5.32 Å². The van der Waals surface area contributed by atoms with Gasteiger partial charge in [0.15, 0.2) is 17.0 Å². The van der Waals surface area contributed by atoms with Gasteiger partial charge in [0.25, 0.3) is 5.91 Å². The number of hydrogen-bond donors (Lipinski definition) is 1. The molecule has 0 aliphatic carbocycles. The Hall–Kier alpha value is -4.06. The second-order valence-corrected chi connectivity index (χ2v) is 7.98. The third-order valence-corrected chi connectivity index (χ3v) is 5.85. The lowest BCUT2D eigenvalue weighted by atomic mass is 9.82. The Morgan fingerprint density at radius 2 is 1.56 bits per heavy atom. The molecule has 1 fully saturated rings. The van der Waals surface area contributed by atoms with E-state index in [1.165, 1.54) is 4.90 Å². The molecule has 3 amide bonds. The SMILES string of the molecule is C/C=C/c1ccc(OCCCN2C(=O)NC(c3ccccc3)(c3ccccc3)C2=O)c(OC)c1. The number of nitrogens with one attached hydrogen (secondary N) is 1. The topological polar surface area (TPSA) is 67.9 Å². The lowest BCUT2D eigenvalue weighted by Crippen LogP contribution is -2.45. The van der Waals surface area contributed by atoms with Crippen LogP contribution in [0.25, 0.3) is 6.08 Å². The van der Waals surface area contributed by atoms with Crippen molar-refractivity contribution in [2.45, 2.75) is 18.9 Å². The normalized spacial score (nSPS) is 14.9. The molecule has 0 unspecified atom stereocenters. The molecule has 0 bridgehead atoms. The van der Waals surface area contributed by atoms with Crippen molar-refractivity contribution in [3.8, 4) is 11.5 Å². The summed E-state index contributed by atoms with van der Waals surface area (Å²) in [6.07, 6.45) is 4.42. The van der Waals surface area contributed by atoms with Gasteiger partial charge in [-0.05, 0) is 42.2 Å². The molecule has 0 saturated carbocycles. The van der Waals surface area contributed by atoms with E-state index in [0.717, 1.165) is 16.7 Å². The number of benzene rings is 3. The van der Waals surface area contributed by atoms with E-state index >= 15 is 0 Å². The molecule has 1 N–H and O–H groups in total. The lowest BCUT2D eigenvalue weighted by molar-refractivity contribution is -0.130. The van der Waals surface area contributed by atoms with E-state index in [9.17, 15) is 9.59 Å². The van der Waals surface area contributed by atoms with Gasteiger partial charge in [-0.15, -0.1) is 0 Å². The van der Waals surface area contributed by atoms with Gasteiger partial charge in [0.1, 0.15) is 0 Å². The Labute approximate surface area is 199 Å². The van der Waals surface area contributed by atoms with Gasteiger partial charge in [-0.1, -0.05) is 78.9 Å². The van der Waals surface area contributed by atoms with E-state index in [4.69, 9.17) is 9.47 Å². The minimum atomic E-state index is -1.24. The van der Waals surface area contributed by atoms with Crippen molar-refractivity contribution < 1.29 is 19.1 Å². The van der Waals surface area contributed by atoms with E-state index < -0.39 is 11.6 Å². The molecule has 6 nitrogen and oxygen atoms in total. The maximum absolute atomic E-state index is 13.7. The summed E-state index contributed by atoms with van der Waals surface area (Å²) >= 11 is 0. The fraction of sp³-hybridized carbons (Fsp3) is 0.214. The lowest BCUT2D eigenvalue weighted by Gasteiger charge is -2.28. The minimum absolute atomic E-state index is 0.241. The Morgan fingerprint density at radius 1 is 0.912 bits per heavy atom. The Balaban J connectivity index is 1.48. The summed E-state index contributed by atoms with van der Waals surface area (Å²) in [5, 5.41) is 2.97. The predicted molar refractivity (Wildman–Crippen MR) is 132 cm³/mol. The third-order valence-electron chi connectivity index (χ3n) is 5.85. The van der Waals surface area contributed by atoms with Crippen LogP contribution in [0.4, 0.5) is 4.79 Å². The molecular weight excluding hydrogens is 428 g/mol. The Morgan fingerprint density at radius 3 is 2.15 bits per heavy atom. The molecule has 1 aliphatic rings. The number of carbonyl (C=O) groups excluding carboxylic acids is 2. The first-order valence-electron chi connectivity index (χ1n) is 11.3. The molecule has 3 aromatic rings. The van der Waals surface area contributed by atoms with Gasteiger partial charge in [0.05, 0.1) is 13.7 Å². The van der Waals surface area contributed by atoms with Gasteiger partial charge < -0.3 is 14.8 Å². The minimum Gasteiger partial charge on any atom is -0.493 e. The molecule has 1 saturated heterocycles. The predicted octanol–water partition coefficient (Wildman–Crippen LogP) is 4.99.